The van der Waals surface area contributed by atoms with Gasteiger partial charge in [0.05, 0.1) is 11.7 Å². The molecule has 0 fully saturated rings. The number of nitrogens with one attached hydrogen (secondary N) is 1. The van der Waals surface area contributed by atoms with Crippen molar-refractivity contribution in [3.8, 4) is 11.3 Å². The second-order valence-electron chi connectivity index (χ2n) is 9.21. The molecule has 3 rings (SSSR count). The Morgan fingerprint density at radius 2 is 1.75 bits per heavy atom. The summed E-state index contributed by atoms with van der Waals surface area (Å²) in [5, 5.41) is 3.48. The Bertz CT molecular complexity index is 1030. The second kappa shape index (κ2) is 10.3. The third kappa shape index (κ3) is 6.20. The van der Waals surface area contributed by atoms with E-state index in [0.29, 0.717) is 30.8 Å². The minimum absolute atomic E-state index is 0.190. The van der Waals surface area contributed by atoms with Gasteiger partial charge in [-0.2, -0.15) is 0 Å². The summed E-state index contributed by atoms with van der Waals surface area (Å²) in [4.78, 5) is 4.86. The molecule has 0 bridgehead atoms. The molecule has 0 saturated heterocycles. The van der Waals surface area contributed by atoms with Crippen LogP contribution in [-0.4, -0.2) is 28.8 Å². The maximum atomic E-state index is 13.8. The van der Waals surface area contributed by atoms with E-state index in [4.69, 9.17) is 10.7 Å². The lowest BCUT2D eigenvalue weighted by Crippen LogP contribution is -2.37. The lowest BCUT2D eigenvalue weighted by atomic mass is 9.86. The topological polar surface area (TPSA) is 55.9 Å². The van der Waals surface area contributed by atoms with Crippen LogP contribution >= 0.6 is 0 Å². The molecule has 1 heterocycles. The van der Waals surface area contributed by atoms with E-state index in [1.807, 2.05) is 22.9 Å². The fourth-order valence-corrected chi connectivity index (χ4v) is 3.68. The molecule has 0 unspecified atom stereocenters. The molecule has 7 heteroatoms. The first kappa shape index (κ1) is 24.0. The highest BCUT2D eigenvalue weighted by Crippen LogP contribution is 2.34. The quantitative estimate of drug-likeness (QED) is 0.475. The minimum atomic E-state index is -0.570. The Morgan fingerprint density at radius 1 is 1.06 bits per heavy atom. The van der Waals surface area contributed by atoms with Gasteiger partial charge in [-0.3, -0.25) is 0 Å². The van der Waals surface area contributed by atoms with Gasteiger partial charge in [0, 0.05) is 24.3 Å². The molecule has 2 aromatic carbocycles. The van der Waals surface area contributed by atoms with E-state index in [2.05, 4.69) is 26.1 Å². The average molecular weight is 445 g/mol. The van der Waals surface area contributed by atoms with Gasteiger partial charge in [0.1, 0.15) is 24.1 Å². The highest BCUT2D eigenvalue weighted by Gasteiger charge is 2.30. The molecule has 0 aliphatic heterocycles. The van der Waals surface area contributed by atoms with Crippen LogP contribution in [0.4, 0.5) is 13.2 Å². The second-order valence-corrected chi connectivity index (χ2v) is 9.21. The molecule has 4 nitrogen and oxygen atoms in total. The number of aromatic nitrogens is 2. The van der Waals surface area contributed by atoms with Crippen molar-refractivity contribution < 1.29 is 13.2 Å². The van der Waals surface area contributed by atoms with E-state index in [9.17, 15) is 13.2 Å². The Hall–Kier alpha value is -2.64. The zero-order chi connectivity index (χ0) is 23.3. The van der Waals surface area contributed by atoms with Gasteiger partial charge in [0.25, 0.3) is 0 Å². The van der Waals surface area contributed by atoms with Crippen LogP contribution in [0.2, 0.25) is 0 Å². The number of imidazole rings is 1. The summed E-state index contributed by atoms with van der Waals surface area (Å²) >= 11 is 0. The first-order chi connectivity index (χ1) is 15.2. The average Bonchev–Trinajstić information content (AvgIpc) is 3.13. The highest BCUT2D eigenvalue weighted by molar-refractivity contribution is 5.58. The minimum Gasteiger partial charge on any atom is -0.329 e. The van der Waals surface area contributed by atoms with Crippen LogP contribution in [0.1, 0.15) is 44.6 Å². The lowest BCUT2D eigenvalue weighted by molar-refractivity contribution is 0.252. The normalized spacial score (nSPS) is 13.8. The summed E-state index contributed by atoms with van der Waals surface area (Å²) in [6.45, 7) is 6.62. The number of hydrogen-bond donors (Lipinski definition) is 2. The summed E-state index contributed by atoms with van der Waals surface area (Å²) in [5.74, 6) is 0.101. The van der Waals surface area contributed by atoms with Gasteiger partial charge in [0.15, 0.2) is 0 Å². The molecule has 0 saturated carbocycles. The van der Waals surface area contributed by atoms with Gasteiger partial charge >= 0.3 is 0 Å². The maximum Gasteiger partial charge on any atom is 0.127 e. The first-order valence-corrected chi connectivity index (χ1v) is 10.8. The number of rotatable bonds is 9. The van der Waals surface area contributed by atoms with Crippen molar-refractivity contribution in [2.45, 2.75) is 45.8 Å². The number of alkyl halides is 1. The third-order valence-corrected chi connectivity index (χ3v) is 5.36. The molecule has 3 N–H and O–H groups in total. The molecular weight excluding hydrogens is 413 g/mol. The van der Waals surface area contributed by atoms with E-state index in [1.54, 1.807) is 12.1 Å². The van der Waals surface area contributed by atoms with E-state index < -0.39 is 12.7 Å². The van der Waals surface area contributed by atoms with Crippen molar-refractivity contribution in [1.82, 2.24) is 14.9 Å². The fourth-order valence-electron chi connectivity index (χ4n) is 3.68. The summed E-state index contributed by atoms with van der Waals surface area (Å²) in [7, 11) is 0. The standard InChI is InChI=1S/C25H31F3N4/c1-25(2,3)23(30-11-10-21(29)14-26)24-31-22(18-7-5-9-20(28)13-18)16-32(24)15-17-6-4-8-19(27)12-17/h4-9,12-13,16,21,23,30H,10-11,14-15,29H2,1-3H3/t21-,23-/m0/s1. The molecule has 1 aromatic heterocycles. The molecule has 172 valence electrons. The molecule has 2 atom stereocenters. The molecule has 0 amide bonds. The van der Waals surface area contributed by atoms with Gasteiger partial charge in [0.2, 0.25) is 0 Å². The molecule has 32 heavy (non-hydrogen) atoms. The maximum absolute atomic E-state index is 13.8. The molecule has 0 aliphatic carbocycles. The van der Waals surface area contributed by atoms with Gasteiger partial charge in [-0.1, -0.05) is 45.0 Å². The third-order valence-electron chi connectivity index (χ3n) is 5.36. The number of benzene rings is 2. The van der Waals surface area contributed by atoms with Crippen molar-refractivity contribution >= 4 is 0 Å². The molecule has 3 aromatic rings. The van der Waals surface area contributed by atoms with Crippen LogP contribution in [-0.2, 0) is 6.54 Å². The molecule has 0 spiro atoms. The molecule has 0 aliphatic rings. The Morgan fingerprint density at radius 3 is 2.38 bits per heavy atom. The van der Waals surface area contributed by atoms with Crippen molar-refractivity contribution in [2.75, 3.05) is 13.2 Å². The SMILES string of the molecule is CC(C)(C)[C@@H](NCC[C@H](N)CF)c1nc(-c2cccc(F)c2)cn1Cc1cccc(F)c1. The van der Waals surface area contributed by atoms with Gasteiger partial charge < -0.3 is 15.6 Å². The Labute approximate surface area is 187 Å². The summed E-state index contributed by atoms with van der Waals surface area (Å²) in [6.07, 6.45) is 2.35. The van der Waals surface area contributed by atoms with Crippen LogP contribution in [0, 0.1) is 17.0 Å². The van der Waals surface area contributed by atoms with Gasteiger partial charge in [-0.15, -0.1) is 0 Å². The largest absolute Gasteiger partial charge is 0.329 e. The summed E-state index contributed by atoms with van der Waals surface area (Å²) in [5.41, 5.74) is 7.60. The highest BCUT2D eigenvalue weighted by atomic mass is 19.1. The van der Waals surface area contributed by atoms with Crippen LogP contribution in [0.15, 0.2) is 54.7 Å². The van der Waals surface area contributed by atoms with Gasteiger partial charge in [-0.25, -0.2) is 18.2 Å². The number of nitrogens with zero attached hydrogens (tertiary/aromatic N) is 2. The van der Waals surface area contributed by atoms with E-state index >= 15 is 0 Å². The van der Waals surface area contributed by atoms with Crippen LogP contribution in [0.25, 0.3) is 11.3 Å². The monoisotopic (exact) mass is 444 g/mol. The molecule has 0 radical (unpaired) electrons. The van der Waals surface area contributed by atoms with Crippen LogP contribution in [0.5, 0.6) is 0 Å². The zero-order valence-corrected chi connectivity index (χ0v) is 18.8. The van der Waals surface area contributed by atoms with Crippen molar-refractivity contribution in [3.63, 3.8) is 0 Å². The smallest absolute Gasteiger partial charge is 0.127 e. The first-order valence-electron chi connectivity index (χ1n) is 10.8. The predicted octanol–water partition coefficient (Wildman–Crippen LogP) is 5.24. The lowest BCUT2D eigenvalue weighted by Gasteiger charge is -2.32. The van der Waals surface area contributed by atoms with Crippen molar-refractivity contribution in [1.29, 1.82) is 0 Å². The van der Waals surface area contributed by atoms with Crippen LogP contribution in [0.3, 0.4) is 0 Å². The summed E-state index contributed by atoms with van der Waals surface area (Å²) in [6, 6.07) is 12.0. The van der Waals surface area contributed by atoms with E-state index in [1.165, 1.54) is 24.3 Å². The number of halogens is 3. The van der Waals surface area contributed by atoms with E-state index in [-0.39, 0.29) is 23.1 Å². The Balaban J connectivity index is 2.01. The predicted molar refractivity (Wildman–Crippen MR) is 122 cm³/mol. The summed E-state index contributed by atoms with van der Waals surface area (Å²) < 4.78 is 42.4. The van der Waals surface area contributed by atoms with Crippen LogP contribution < -0.4 is 11.1 Å². The molecular formula is C25H31F3N4. The van der Waals surface area contributed by atoms with Gasteiger partial charge in [-0.05, 0) is 48.2 Å². The van der Waals surface area contributed by atoms with Crippen molar-refractivity contribution in [2.24, 2.45) is 11.1 Å². The zero-order valence-electron chi connectivity index (χ0n) is 18.8. The Kier molecular flexibility index (Phi) is 7.74. The van der Waals surface area contributed by atoms with Crippen molar-refractivity contribution in [3.05, 3.63) is 77.8 Å². The fraction of sp³-hybridized carbons (Fsp3) is 0.400. The van der Waals surface area contributed by atoms with E-state index in [0.717, 1.165) is 11.4 Å². The number of hydrogen-bond acceptors (Lipinski definition) is 3. The number of nitrogens with two attached hydrogens (primary N) is 1.